The Bertz CT molecular complexity index is 2920. The van der Waals surface area contributed by atoms with E-state index in [1.54, 1.807) is 88.4 Å². The highest BCUT2D eigenvalue weighted by atomic mass is 16.6. The van der Waals surface area contributed by atoms with Crippen LogP contribution < -0.4 is 54.0 Å². The van der Waals surface area contributed by atoms with Crippen LogP contribution in [0.1, 0.15) is 75.6 Å². The number of benzene rings is 4. The first-order chi connectivity index (χ1) is 40.0. The fourth-order valence-corrected chi connectivity index (χ4v) is 8.94. The highest BCUT2D eigenvalue weighted by Gasteiger charge is 2.37. The van der Waals surface area contributed by atoms with Crippen molar-refractivity contribution in [1.82, 2.24) is 42.5 Å². The Morgan fingerprint density at radius 1 is 0.548 bits per heavy atom. The summed E-state index contributed by atoms with van der Waals surface area (Å²) in [5.41, 5.74) is 16.3. The van der Waals surface area contributed by atoms with Crippen molar-refractivity contribution in [2.45, 2.75) is 109 Å². The van der Waals surface area contributed by atoms with Crippen molar-refractivity contribution in [3.8, 4) is 11.1 Å². The Morgan fingerprint density at radius 2 is 1.10 bits per heavy atom. The minimum absolute atomic E-state index is 0.0672. The van der Waals surface area contributed by atoms with E-state index in [0.29, 0.717) is 11.1 Å². The Kier molecular flexibility index (Phi) is 25.2. The lowest BCUT2D eigenvalue weighted by Gasteiger charge is -2.27. The maximum absolute atomic E-state index is 14.3. The van der Waals surface area contributed by atoms with E-state index in [4.69, 9.17) is 30.4 Å². The van der Waals surface area contributed by atoms with E-state index in [1.165, 1.54) is 6.92 Å². The van der Waals surface area contributed by atoms with Crippen LogP contribution >= 0.6 is 0 Å². The number of rotatable bonds is 30. The first-order valence-corrected chi connectivity index (χ1v) is 27.2. The van der Waals surface area contributed by atoms with Gasteiger partial charge in [-0.3, -0.25) is 38.4 Å². The van der Waals surface area contributed by atoms with Crippen molar-refractivity contribution in [3.05, 3.63) is 131 Å². The molecule has 0 unspecified atom stereocenters. The second-order valence-corrected chi connectivity index (χ2v) is 20.6. The van der Waals surface area contributed by atoms with Crippen molar-refractivity contribution < 1.29 is 71.7 Å². The second-order valence-electron chi connectivity index (χ2n) is 20.6. The first-order valence-electron chi connectivity index (χ1n) is 27.2. The minimum Gasteiger partial charge on any atom is -0.467 e. The van der Waals surface area contributed by atoms with Gasteiger partial charge in [-0.2, -0.15) is 0 Å². The third kappa shape index (κ3) is 20.2. The predicted octanol–water partition coefficient (Wildman–Crippen LogP) is 1.24. The molecular weight excluding hydrogens is 1090 g/mol. The third-order valence-corrected chi connectivity index (χ3v) is 13.3. The molecule has 25 nitrogen and oxygen atoms in total. The number of hydrogen-bond donors (Lipinski definition) is 10. The fraction of sp³-hybridized carbons (Fsp3) is 0.407. The lowest BCUT2D eigenvalue weighted by Crippen LogP contribution is -2.59. The van der Waals surface area contributed by atoms with Crippen LogP contribution in [0.2, 0.25) is 0 Å². The molecule has 4 aromatic rings. The number of carbonyl (C=O) groups is 11. The molecule has 0 radical (unpaired) electrons. The zero-order valence-corrected chi connectivity index (χ0v) is 47.6. The van der Waals surface area contributed by atoms with Gasteiger partial charge in [-0.1, -0.05) is 137 Å². The Hall–Kier alpha value is -9.39. The molecule has 0 saturated carbocycles. The molecular formula is C59H74N10O15. The van der Waals surface area contributed by atoms with Crippen LogP contribution in [0.3, 0.4) is 0 Å². The minimum atomic E-state index is -1.82. The van der Waals surface area contributed by atoms with E-state index in [2.05, 4.69) is 42.5 Å². The topological polar surface area (TPSA) is 373 Å². The van der Waals surface area contributed by atoms with Crippen molar-refractivity contribution in [2.75, 3.05) is 33.4 Å². The van der Waals surface area contributed by atoms with E-state index in [-0.39, 0.29) is 37.9 Å². The number of esters is 2. The molecule has 0 aliphatic heterocycles. The van der Waals surface area contributed by atoms with Gasteiger partial charge in [-0.05, 0) is 58.6 Å². The fourth-order valence-electron chi connectivity index (χ4n) is 8.94. The number of alkyl carbamates (subject to hydrolysis) is 2. The van der Waals surface area contributed by atoms with Gasteiger partial charge in [0.15, 0.2) is 0 Å². The van der Waals surface area contributed by atoms with E-state index in [1.807, 2.05) is 48.5 Å². The Labute approximate surface area is 486 Å². The zero-order chi connectivity index (χ0) is 61.5. The molecule has 450 valence electrons. The molecule has 7 atom stereocenters. The van der Waals surface area contributed by atoms with Crippen molar-refractivity contribution >= 4 is 65.5 Å². The molecule has 0 spiro atoms. The molecule has 4 aromatic carbocycles. The average Bonchev–Trinajstić information content (AvgIpc) is 2.06. The number of fused-ring (bicyclic) bond motifs is 3. The van der Waals surface area contributed by atoms with E-state index < -0.39 is 140 Å². The van der Waals surface area contributed by atoms with Crippen molar-refractivity contribution in [1.29, 1.82) is 0 Å². The smallest absolute Gasteiger partial charge is 0.408 e. The number of nitrogens with one attached hydrogen (secondary N) is 8. The van der Waals surface area contributed by atoms with Gasteiger partial charge in [0.25, 0.3) is 0 Å². The van der Waals surface area contributed by atoms with Crippen LogP contribution in [-0.4, -0.2) is 141 Å². The van der Waals surface area contributed by atoms with E-state index in [9.17, 15) is 52.7 Å². The van der Waals surface area contributed by atoms with Gasteiger partial charge in [-0.15, -0.1) is 0 Å². The van der Waals surface area contributed by atoms with E-state index >= 15 is 0 Å². The largest absolute Gasteiger partial charge is 0.467 e. The quantitative estimate of drug-likeness (QED) is 0.0259. The van der Waals surface area contributed by atoms with Crippen LogP contribution in [0.4, 0.5) is 9.59 Å². The van der Waals surface area contributed by atoms with Gasteiger partial charge in [0.1, 0.15) is 55.6 Å². The maximum Gasteiger partial charge on any atom is 0.408 e. The number of methoxy groups -OCH3 is 1. The molecule has 12 N–H and O–H groups in total. The summed E-state index contributed by atoms with van der Waals surface area (Å²) in [4.78, 5) is 146. The van der Waals surface area contributed by atoms with Crippen LogP contribution in [0, 0.1) is 11.8 Å². The second kappa shape index (κ2) is 32.3. The molecule has 1 aliphatic rings. The van der Waals surface area contributed by atoms with Gasteiger partial charge in [0, 0.05) is 18.9 Å². The van der Waals surface area contributed by atoms with Crippen LogP contribution in [-0.2, 0) is 75.1 Å². The zero-order valence-electron chi connectivity index (χ0n) is 47.6. The molecule has 1 aliphatic carbocycles. The summed E-state index contributed by atoms with van der Waals surface area (Å²) in [7, 11) is 1.11. The average molecular weight is 1160 g/mol. The standard InChI is InChI=1S/C59H74N10O15/c1-33(2)25-44(53(74)64-30-48(71)62-29-47(61)70)65-52(73)43(60)28-63-55(76)51(69-59(80)82-31-37-19-11-8-12-20-37)35(5)84-49(72)27-45(54(75)67-46(57(78)81-6)26-36-17-9-7-10-18-36)66-56(77)50(34(3)4)68-58(79)83-32-42-40-23-15-13-21-38(40)39-22-14-16-24-41(39)42/h7-24,33-35,42-46,50-51H,25-32,60H2,1-6H3,(H2,61,70)(H,62,71)(H,63,76)(H,64,74)(H,65,73)(H,66,77)(H,67,75)(H,68,79)(H,69,80)/t35-,43+,44+,45+,46+,50+,51+/m1/s1. The number of carbonyl (C=O) groups excluding carboxylic acids is 11. The lowest BCUT2D eigenvalue weighted by molar-refractivity contribution is -0.153. The summed E-state index contributed by atoms with van der Waals surface area (Å²) in [6.45, 7) is 6.08. The summed E-state index contributed by atoms with van der Waals surface area (Å²) in [6.07, 6.45) is -4.60. The summed E-state index contributed by atoms with van der Waals surface area (Å²) in [5.74, 6) is -9.36. The van der Waals surface area contributed by atoms with Crippen LogP contribution in [0.5, 0.6) is 0 Å². The number of primary amides is 1. The van der Waals surface area contributed by atoms with E-state index in [0.717, 1.165) is 29.4 Å². The highest BCUT2D eigenvalue weighted by molar-refractivity contribution is 5.96. The van der Waals surface area contributed by atoms with Crippen LogP contribution in [0.25, 0.3) is 11.1 Å². The molecule has 0 heterocycles. The van der Waals surface area contributed by atoms with Gasteiger partial charge in [0.05, 0.1) is 26.6 Å². The van der Waals surface area contributed by atoms with Crippen LogP contribution in [0.15, 0.2) is 109 Å². The molecule has 25 heteroatoms. The first kappa shape index (κ1) is 65.4. The monoisotopic (exact) mass is 1160 g/mol. The van der Waals surface area contributed by atoms with Crippen molar-refractivity contribution in [3.63, 3.8) is 0 Å². The molecule has 0 aromatic heterocycles. The predicted molar refractivity (Wildman–Crippen MR) is 304 cm³/mol. The molecule has 9 amide bonds. The third-order valence-electron chi connectivity index (χ3n) is 13.3. The van der Waals surface area contributed by atoms with Crippen molar-refractivity contribution in [2.24, 2.45) is 23.3 Å². The SMILES string of the molecule is COC(=O)[C@H](Cc1ccccc1)NC(=O)[C@H](CC(=O)O[C@H](C)[C@H](NC(=O)OCc1ccccc1)C(=O)NC[C@H](N)C(=O)N[C@@H](CC(C)C)C(=O)NCC(=O)NCC(N)=O)NC(=O)[C@@H](NC(=O)OCC1c2ccccc2-c2ccccc21)C(C)C. The number of nitrogens with two attached hydrogens (primary N) is 2. The summed E-state index contributed by atoms with van der Waals surface area (Å²) >= 11 is 0. The van der Waals surface area contributed by atoms with Gasteiger partial charge < -0.3 is 72.9 Å². The molecule has 0 fully saturated rings. The molecule has 0 saturated heterocycles. The van der Waals surface area contributed by atoms with Gasteiger partial charge in [-0.25, -0.2) is 14.4 Å². The highest BCUT2D eigenvalue weighted by Crippen LogP contribution is 2.44. The molecule has 84 heavy (non-hydrogen) atoms. The molecule has 0 bridgehead atoms. The normalized spacial score (nSPS) is 14.0. The maximum atomic E-state index is 14.3. The van der Waals surface area contributed by atoms with Gasteiger partial charge in [0.2, 0.25) is 41.4 Å². The number of ether oxygens (including phenoxy) is 4. The molecule has 5 rings (SSSR count). The number of amides is 9. The Balaban J connectivity index is 1.32. The summed E-state index contributed by atoms with van der Waals surface area (Å²) in [5, 5.41) is 19.5. The Morgan fingerprint density at radius 3 is 1.68 bits per heavy atom. The lowest BCUT2D eigenvalue weighted by atomic mass is 9.98. The summed E-state index contributed by atoms with van der Waals surface area (Å²) < 4.78 is 21.7. The van der Waals surface area contributed by atoms with Gasteiger partial charge >= 0.3 is 24.1 Å². The number of hydrogen-bond acceptors (Lipinski definition) is 16. The summed E-state index contributed by atoms with van der Waals surface area (Å²) in [6, 6.07) is 23.5.